The highest BCUT2D eigenvalue weighted by Gasteiger charge is 2.17. The summed E-state index contributed by atoms with van der Waals surface area (Å²) in [5.74, 6) is 0. The maximum absolute atomic E-state index is 5.21. The molecular weight excluding hydrogens is 500 g/mol. The molecule has 0 radical (unpaired) electrons. The number of aromatic amines is 3. The molecule has 41 heavy (non-hydrogen) atoms. The molecule has 1 aliphatic rings. The van der Waals surface area contributed by atoms with Gasteiger partial charge in [0.2, 0.25) is 0 Å². The summed E-state index contributed by atoms with van der Waals surface area (Å²) < 4.78 is 0. The lowest BCUT2D eigenvalue weighted by atomic mass is 9.92. The van der Waals surface area contributed by atoms with Crippen molar-refractivity contribution in [2.75, 3.05) is 0 Å². The number of fused-ring (bicyclic) bond motifs is 9. The lowest BCUT2D eigenvalue weighted by Crippen LogP contribution is -1.93. The smallest absolute Gasteiger partial charge is 0.0872 e. The predicted molar refractivity (Wildman–Crippen MR) is 174 cm³/mol. The second-order valence-corrected chi connectivity index (χ2v) is 11.6. The van der Waals surface area contributed by atoms with Crippen LogP contribution in [0.3, 0.4) is 0 Å². The number of nitrogens with zero attached hydrogens (tertiary/aromatic N) is 1. The van der Waals surface area contributed by atoms with E-state index >= 15 is 0 Å². The molecule has 6 aromatic rings. The van der Waals surface area contributed by atoms with Crippen molar-refractivity contribution in [3.05, 3.63) is 111 Å². The van der Waals surface area contributed by atoms with Crippen LogP contribution >= 0.6 is 0 Å². The zero-order valence-electron chi connectivity index (χ0n) is 24.5. The molecule has 4 heteroatoms. The summed E-state index contributed by atoms with van der Waals surface area (Å²) in [7, 11) is 0. The zero-order valence-corrected chi connectivity index (χ0v) is 24.5. The Morgan fingerprint density at radius 2 is 0.854 bits per heavy atom. The summed E-state index contributed by atoms with van der Waals surface area (Å²) in [5.41, 5.74) is 20.5. The number of hydrogen-bond donors (Lipinski definition) is 3. The molecule has 0 saturated heterocycles. The Kier molecular flexibility index (Phi) is 5.75. The summed E-state index contributed by atoms with van der Waals surface area (Å²) in [4.78, 5) is 16.3. The Morgan fingerprint density at radius 3 is 1.44 bits per heavy atom. The minimum Gasteiger partial charge on any atom is -0.355 e. The Hall–Kier alpha value is -4.83. The number of aryl methyl sites for hydroxylation is 6. The fraction of sp³-hybridized carbons (Fsp3) is 0.162. The highest BCUT2D eigenvalue weighted by atomic mass is 14.8. The topological polar surface area (TPSA) is 60.3 Å². The van der Waals surface area contributed by atoms with E-state index in [0.717, 1.165) is 55.6 Å². The summed E-state index contributed by atoms with van der Waals surface area (Å²) >= 11 is 0. The number of rotatable bonds is 2. The van der Waals surface area contributed by atoms with Crippen molar-refractivity contribution in [3.8, 4) is 22.3 Å². The molecule has 2 aromatic carbocycles. The second kappa shape index (κ2) is 9.38. The molecule has 8 bridgehead atoms. The van der Waals surface area contributed by atoms with Gasteiger partial charge in [-0.15, -0.1) is 0 Å². The van der Waals surface area contributed by atoms with Gasteiger partial charge in [-0.3, -0.25) is 0 Å². The van der Waals surface area contributed by atoms with Gasteiger partial charge in [0.25, 0.3) is 0 Å². The Bertz CT molecular complexity index is 2120. The van der Waals surface area contributed by atoms with Crippen LogP contribution in [0.2, 0.25) is 0 Å². The largest absolute Gasteiger partial charge is 0.355 e. The summed E-state index contributed by atoms with van der Waals surface area (Å²) in [6, 6.07) is 24.2. The third kappa shape index (κ3) is 4.27. The van der Waals surface area contributed by atoms with E-state index in [1.165, 1.54) is 44.5 Å². The van der Waals surface area contributed by atoms with Gasteiger partial charge < -0.3 is 15.0 Å². The van der Waals surface area contributed by atoms with Crippen molar-refractivity contribution in [3.63, 3.8) is 0 Å². The Labute approximate surface area is 240 Å². The molecule has 4 nitrogen and oxygen atoms in total. The Balaban J connectivity index is 1.63. The van der Waals surface area contributed by atoms with Gasteiger partial charge in [-0.05, 0) is 130 Å². The van der Waals surface area contributed by atoms with Crippen molar-refractivity contribution in [2.24, 2.45) is 0 Å². The number of benzene rings is 2. The molecule has 3 N–H and O–H groups in total. The van der Waals surface area contributed by atoms with Gasteiger partial charge in [-0.2, -0.15) is 0 Å². The van der Waals surface area contributed by atoms with E-state index in [9.17, 15) is 0 Å². The van der Waals surface area contributed by atoms with E-state index in [-0.39, 0.29) is 0 Å². The average Bonchev–Trinajstić information content (AvgIpc) is 3.71. The molecular formula is C37H34N4. The maximum Gasteiger partial charge on any atom is 0.0872 e. The predicted octanol–water partition coefficient (Wildman–Crippen LogP) is 9.88. The number of aromatic nitrogens is 4. The van der Waals surface area contributed by atoms with Crippen molar-refractivity contribution in [1.82, 2.24) is 19.9 Å². The number of nitrogens with one attached hydrogen (secondary N) is 3. The summed E-state index contributed by atoms with van der Waals surface area (Å²) in [6.45, 7) is 13.1. The van der Waals surface area contributed by atoms with Gasteiger partial charge in [0, 0.05) is 38.7 Å². The molecule has 0 unspecified atom stereocenters. The third-order valence-electron chi connectivity index (χ3n) is 8.25. The zero-order chi connectivity index (χ0) is 28.4. The van der Waals surface area contributed by atoms with Crippen LogP contribution in [0, 0.1) is 41.5 Å². The first kappa shape index (κ1) is 25.2. The normalized spacial score (nSPS) is 12.0. The molecule has 0 fully saturated rings. The molecule has 4 aromatic heterocycles. The lowest BCUT2D eigenvalue weighted by molar-refractivity contribution is 1.29. The van der Waals surface area contributed by atoms with E-state index in [1.54, 1.807) is 0 Å². The average molecular weight is 535 g/mol. The highest BCUT2D eigenvalue weighted by molar-refractivity contribution is 5.98. The molecule has 202 valence electrons. The van der Waals surface area contributed by atoms with Crippen LogP contribution in [0.5, 0.6) is 0 Å². The summed E-state index contributed by atoms with van der Waals surface area (Å²) in [6.07, 6.45) is 4.27. The van der Waals surface area contributed by atoms with E-state index in [2.05, 4.69) is 135 Å². The Morgan fingerprint density at radius 1 is 0.415 bits per heavy atom. The first-order chi connectivity index (χ1) is 19.7. The van der Waals surface area contributed by atoms with E-state index in [1.807, 2.05) is 0 Å². The first-order valence-corrected chi connectivity index (χ1v) is 14.2. The van der Waals surface area contributed by atoms with Gasteiger partial charge in [-0.1, -0.05) is 35.4 Å². The molecule has 0 amide bonds. The molecule has 5 heterocycles. The van der Waals surface area contributed by atoms with Crippen LogP contribution in [0.25, 0.3) is 67.5 Å². The SMILES string of the molecule is Cc1cc(C)c(-c2c3nc(c4ccc([nH]4)c(-c4c(C)cc(C)cc4C)c4ccc(cc5ccc2[nH]5)[nH]4)C=C3)c(C)c1. The van der Waals surface area contributed by atoms with Gasteiger partial charge >= 0.3 is 0 Å². The van der Waals surface area contributed by atoms with Crippen LogP contribution < -0.4 is 0 Å². The van der Waals surface area contributed by atoms with Gasteiger partial charge in [0.1, 0.15) is 0 Å². The third-order valence-corrected chi connectivity index (χ3v) is 8.25. The van der Waals surface area contributed by atoms with E-state index in [0.29, 0.717) is 0 Å². The molecule has 7 rings (SSSR count). The number of hydrogen-bond acceptors (Lipinski definition) is 1. The molecule has 0 atom stereocenters. The second-order valence-electron chi connectivity index (χ2n) is 11.6. The molecule has 1 aliphatic heterocycles. The molecule has 0 aliphatic carbocycles. The monoisotopic (exact) mass is 534 g/mol. The highest BCUT2D eigenvalue weighted by Crippen LogP contribution is 2.37. The van der Waals surface area contributed by atoms with Crippen molar-refractivity contribution >= 4 is 45.3 Å². The first-order valence-electron chi connectivity index (χ1n) is 14.2. The quantitative estimate of drug-likeness (QED) is 0.203. The van der Waals surface area contributed by atoms with E-state index in [4.69, 9.17) is 4.98 Å². The van der Waals surface area contributed by atoms with Crippen molar-refractivity contribution in [1.29, 1.82) is 0 Å². The van der Waals surface area contributed by atoms with Gasteiger partial charge in [0.15, 0.2) is 0 Å². The minimum atomic E-state index is 0.934. The fourth-order valence-electron chi connectivity index (χ4n) is 6.76. The number of H-pyrrole nitrogens is 3. The van der Waals surface area contributed by atoms with Crippen LogP contribution in [-0.2, 0) is 0 Å². The van der Waals surface area contributed by atoms with Gasteiger partial charge in [-0.25, -0.2) is 4.98 Å². The fourth-order valence-corrected chi connectivity index (χ4v) is 6.76. The van der Waals surface area contributed by atoms with Crippen LogP contribution in [0.15, 0.2) is 66.7 Å². The van der Waals surface area contributed by atoms with Crippen molar-refractivity contribution < 1.29 is 0 Å². The van der Waals surface area contributed by atoms with Crippen LogP contribution in [0.1, 0.15) is 44.8 Å². The van der Waals surface area contributed by atoms with Crippen molar-refractivity contribution in [2.45, 2.75) is 41.5 Å². The lowest BCUT2D eigenvalue weighted by Gasteiger charge is -2.13. The molecule has 0 spiro atoms. The standard InChI is InChI=1S/C37H34N4/c1-20-15-22(3)34(23(4)16-20)36-30-9-7-26(38-30)19-27-8-10-31(39-27)37(35-24(5)17-21(2)18-25(35)6)33-14-12-29(41-33)28-11-13-32(36)40-28/h7-19,38-40H,1-6H3. The summed E-state index contributed by atoms with van der Waals surface area (Å²) in [5, 5.41) is 0. The van der Waals surface area contributed by atoms with Crippen LogP contribution in [0.4, 0.5) is 0 Å². The molecule has 0 saturated carbocycles. The van der Waals surface area contributed by atoms with Crippen LogP contribution in [-0.4, -0.2) is 19.9 Å². The minimum absolute atomic E-state index is 0.934. The maximum atomic E-state index is 5.21. The van der Waals surface area contributed by atoms with Gasteiger partial charge in [0.05, 0.1) is 16.9 Å². The van der Waals surface area contributed by atoms with E-state index < -0.39 is 0 Å².